The number of carboxylic acid groups (broad SMARTS) is 1. The summed E-state index contributed by atoms with van der Waals surface area (Å²) in [5, 5.41) is 21.8. The van der Waals surface area contributed by atoms with Gasteiger partial charge < -0.3 is 20.2 Å². The molecule has 1 heterocycles. The van der Waals surface area contributed by atoms with E-state index in [0.29, 0.717) is 22.1 Å². The van der Waals surface area contributed by atoms with E-state index in [4.69, 9.17) is 0 Å². The predicted octanol–water partition coefficient (Wildman–Crippen LogP) is 5.36. The number of carbonyl (C=O) groups is 2. The Hall–Kier alpha value is -2.68. The van der Waals surface area contributed by atoms with Crippen LogP contribution in [0.25, 0.3) is 0 Å². The highest BCUT2D eigenvalue weighted by molar-refractivity contribution is 7.17. The second-order valence-corrected chi connectivity index (χ2v) is 10.8. The highest BCUT2D eigenvalue weighted by Gasteiger charge is 2.25. The van der Waals surface area contributed by atoms with E-state index in [-0.39, 0.29) is 18.2 Å². The zero-order valence-corrected chi connectivity index (χ0v) is 21.7. The first kappa shape index (κ1) is 25.9. The zero-order chi connectivity index (χ0) is 24.8. The third-order valence-corrected chi connectivity index (χ3v) is 7.04. The smallest absolute Gasteiger partial charge is 0.303 e. The Morgan fingerprint density at radius 3 is 2.47 bits per heavy atom. The first-order valence-corrected chi connectivity index (χ1v) is 12.9. The lowest BCUT2D eigenvalue weighted by Gasteiger charge is -2.38. The van der Waals surface area contributed by atoms with Crippen molar-refractivity contribution in [3.8, 4) is 0 Å². The molecule has 0 radical (unpaired) electrons. The average molecular weight is 488 g/mol. The number of carboxylic acids is 1. The number of rotatable bonds is 10. The number of nitrogens with zero attached hydrogens (tertiary/aromatic N) is 4. The molecule has 1 aliphatic rings. The van der Waals surface area contributed by atoms with Crippen molar-refractivity contribution >= 4 is 39.7 Å². The van der Waals surface area contributed by atoms with Crippen LogP contribution in [-0.4, -0.2) is 58.8 Å². The van der Waals surface area contributed by atoms with Crippen LogP contribution in [0, 0.1) is 5.92 Å². The van der Waals surface area contributed by atoms with Crippen LogP contribution in [-0.2, 0) is 4.79 Å². The Morgan fingerprint density at radius 1 is 1.15 bits per heavy atom. The molecule has 3 rings (SSSR count). The standard InChI is InChI=1S/C25H37N5O3S/c1-16(2)15-30(19-9-7-6-8-10-19)21-12-11-18(17(3)13-22(31)32)14-20(21)26-25-28-27-23(34-25)24(33)29(4)5/h11-12,14,16-17,19H,6-10,13,15H2,1-5H3,(H,26,28)(H,31,32). The molecule has 34 heavy (non-hydrogen) atoms. The van der Waals surface area contributed by atoms with Crippen molar-refractivity contribution in [1.82, 2.24) is 15.1 Å². The van der Waals surface area contributed by atoms with Crippen molar-refractivity contribution in [2.24, 2.45) is 5.92 Å². The molecule has 2 N–H and O–H groups in total. The number of hydrogen-bond donors (Lipinski definition) is 2. The van der Waals surface area contributed by atoms with E-state index in [9.17, 15) is 14.7 Å². The summed E-state index contributed by atoms with van der Waals surface area (Å²) in [6, 6.07) is 6.67. The third-order valence-electron chi connectivity index (χ3n) is 6.21. The van der Waals surface area contributed by atoms with Crippen LogP contribution in [0.5, 0.6) is 0 Å². The summed E-state index contributed by atoms with van der Waals surface area (Å²) in [7, 11) is 3.38. The number of hydrogen-bond acceptors (Lipinski definition) is 7. The maximum absolute atomic E-state index is 12.3. The van der Waals surface area contributed by atoms with Crippen molar-refractivity contribution in [3.05, 3.63) is 28.8 Å². The summed E-state index contributed by atoms with van der Waals surface area (Å²) in [5.74, 6) is -0.629. The molecule has 1 saturated carbocycles. The topological polar surface area (TPSA) is 98.7 Å². The normalized spacial score (nSPS) is 15.2. The van der Waals surface area contributed by atoms with E-state index >= 15 is 0 Å². The van der Waals surface area contributed by atoms with Gasteiger partial charge in [0.25, 0.3) is 5.91 Å². The van der Waals surface area contributed by atoms with Gasteiger partial charge in [-0.05, 0) is 42.4 Å². The van der Waals surface area contributed by atoms with Gasteiger partial charge in [0.05, 0.1) is 17.8 Å². The van der Waals surface area contributed by atoms with E-state index in [1.54, 1.807) is 14.1 Å². The SMILES string of the molecule is CC(C)CN(c1ccc(C(C)CC(=O)O)cc1Nc1nnc(C(=O)N(C)C)s1)C1CCCCC1. The summed E-state index contributed by atoms with van der Waals surface area (Å²) in [6.07, 6.45) is 6.17. The Kier molecular flexibility index (Phi) is 8.88. The molecule has 8 nitrogen and oxygen atoms in total. The molecule has 186 valence electrons. The van der Waals surface area contributed by atoms with Gasteiger partial charge in [-0.25, -0.2) is 0 Å². The Labute approximate surface area is 206 Å². The van der Waals surface area contributed by atoms with Gasteiger partial charge in [0.1, 0.15) is 0 Å². The highest BCUT2D eigenvalue weighted by Crippen LogP contribution is 2.37. The van der Waals surface area contributed by atoms with Gasteiger partial charge in [-0.2, -0.15) is 0 Å². The number of aliphatic carboxylic acids is 1. The summed E-state index contributed by atoms with van der Waals surface area (Å²) < 4.78 is 0. The van der Waals surface area contributed by atoms with E-state index in [1.165, 1.54) is 48.3 Å². The van der Waals surface area contributed by atoms with Crippen LogP contribution >= 0.6 is 11.3 Å². The van der Waals surface area contributed by atoms with Crippen LogP contribution in [0.4, 0.5) is 16.5 Å². The van der Waals surface area contributed by atoms with Crippen molar-refractivity contribution in [1.29, 1.82) is 0 Å². The molecule has 1 aromatic heterocycles. The Balaban J connectivity index is 2.00. The number of amides is 1. The molecule has 1 fully saturated rings. The minimum Gasteiger partial charge on any atom is -0.481 e. The number of benzene rings is 1. The predicted molar refractivity (Wildman–Crippen MR) is 137 cm³/mol. The number of carbonyl (C=O) groups excluding carboxylic acids is 1. The summed E-state index contributed by atoms with van der Waals surface area (Å²) in [5.41, 5.74) is 2.92. The van der Waals surface area contributed by atoms with Crippen molar-refractivity contribution < 1.29 is 14.7 Å². The quantitative estimate of drug-likeness (QED) is 0.466. The molecular weight excluding hydrogens is 450 g/mol. The summed E-state index contributed by atoms with van der Waals surface area (Å²) in [4.78, 5) is 27.6. The van der Waals surface area contributed by atoms with Crippen LogP contribution in [0.3, 0.4) is 0 Å². The Bertz CT molecular complexity index is 985. The van der Waals surface area contributed by atoms with Gasteiger partial charge >= 0.3 is 5.97 Å². The van der Waals surface area contributed by atoms with Crippen LogP contribution in [0.2, 0.25) is 0 Å². The fourth-order valence-corrected chi connectivity index (χ4v) is 5.26. The van der Waals surface area contributed by atoms with E-state index in [2.05, 4.69) is 40.3 Å². The number of aromatic nitrogens is 2. The van der Waals surface area contributed by atoms with E-state index < -0.39 is 5.97 Å². The molecule has 1 unspecified atom stereocenters. The molecule has 0 aliphatic heterocycles. The van der Waals surface area contributed by atoms with Crippen LogP contribution in [0.15, 0.2) is 18.2 Å². The van der Waals surface area contributed by atoms with E-state index in [1.807, 2.05) is 19.1 Å². The number of anilines is 3. The molecule has 0 spiro atoms. The van der Waals surface area contributed by atoms with E-state index in [0.717, 1.165) is 23.5 Å². The zero-order valence-electron chi connectivity index (χ0n) is 20.9. The van der Waals surface area contributed by atoms with Crippen LogP contribution < -0.4 is 10.2 Å². The summed E-state index contributed by atoms with van der Waals surface area (Å²) in [6.45, 7) is 7.33. The molecule has 0 bridgehead atoms. The fourth-order valence-electron chi connectivity index (χ4n) is 4.49. The lowest BCUT2D eigenvalue weighted by atomic mass is 9.92. The molecule has 9 heteroatoms. The second-order valence-electron chi connectivity index (χ2n) is 9.85. The lowest BCUT2D eigenvalue weighted by Crippen LogP contribution is -2.39. The minimum atomic E-state index is -0.814. The molecule has 1 aliphatic carbocycles. The molecule has 0 saturated heterocycles. The largest absolute Gasteiger partial charge is 0.481 e. The van der Waals surface area contributed by atoms with Crippen molar-refractivity contribution in [2.45, 2.75) is 71.3 Å². The van der Waals surface area contributed by atoms with Crippen LogP contribution in [0.1, 0.15) is 80.6 Å². The molecular formula is C25H37N5O3S. The van der Waals surface area contributed by atoms with Crippen molar-refractivity contribution in [3.63, 3.8) is 0 Å². The molecule has 2 aromatic rings. The maximum atomic E-state index is 12.3. The first-order valence-electron chi connectivity index (χ1n) is 12.1. The monoisotopic (exact) mass is 487 g/mol. The first-order chi connectivity index (χ1) is 16.2. The maximum Gasteiger partial charge on any atom is 0.303 e. The molecule has 1 aromatic carbocycles. The molecule has 1 amide bonds. The van der Waals surface area contributed by atoms with Gasteiger partial charge in [-0.1, -0.05) is 57.4 Å². The Morgan fingerprint density at radius 2 is 1.85 bits per heavy atom. The minimum absolute atomic E-state index is 0.0669. The van der Waals surface area contributed by atoms with Gasteiger partial charge in [0, 0.05) is 26.7 Å². The fraction of sp³-hybridized carbons (Fsp3) is 0.600. The highest BCUT2D eigenvalue weighted by atomic mass is 32.1. The van der Waals surface area contributed by atoms with Crippen molar-refractivity contribution in [2.75, 3.05) is 30.9 Å². The van der Waals surface area contributed by atoms with Gasteiger partial charge in [-0.3, -0.25) is 9.59 Å². The van der Waals surface area contributed by atoms with Gasteiger partial charge in [0.2, 0.25) is 10.1 Å². The average Bonchev–Trinajstić information content (AvgIpc) is 3.25. The van der Waals surface area contributed by atoms with Gasteiger partial charge in [0.15, 0.2) is 0 Å². The molecule has 1 atom stereocenters. The summed E-state index contributed by atoms with van der Waals surface area (Å²) >= 11 is 1.22. The number of nitrogens with one attached hydrogen (secondary N) is 1. The third kappa shape index (κ3) is 6.68. The second kappa shape index (κ2) is 11.6. The van der Waals surface area contributed by atoms with Gasteiger partial charge in [-0.15, -0.1) is 10.2 Å². The lowest BCUT2D eigenvalue weighted by molar-refractivity contribution is -0.137.